The van der Waals surface area contributed by atoms with Crippen molar-refractivity contribution in [3.63, 3.8) is 0 Å². The topological polar surface area (TPSA) is 46.9 Å². The average Bonchev–Trinajstić information content (AvgIpc) is 2.59. The minimum Gasteiger partial charge on any atom is -0.395 e. The molecule has 0 saturated heterocycles. The van der Waals surface area contributed by atoms with Crippen LogP contribution in [0.2, 0.25) is 0 Å². The molecule has 122 valence electrons. The molecule has 0 saturated carbocycles. The first-order valence-electron chi connectivity index (χ1n) is 7.91. The van der Waals surface area contributed by atoms with Crippen molar-refractivity contribution in [3.05, 3.63) is 48.5 Å². The van der Waals surface area contributed by atoms with Crippen LogP contribution in [0.5, 0.6) is 0 Å². The van der Waals surface area contributed by atoms with Gasteiger partial charge in [0.05, 0.1) is 24.6 Å². The molecule has 5 heteroatoms. The summed E-state index contributed by atoms with van der Waals surface area (Å²) in [6.07, 6.45) is 0. The second kappa shape index (κ2) is 7.84. The van der Waals surface area contributed by atoms with Crippen molar-refractivity contribution >= 4 is 23.1 Å². The largest absolute Gasteiger partial charge is 0.395 e. The number of aliphatic hydroxyl groups excluding tert-OH is 2. The fourth-order valence-corrected chi connectivity index (χ4v) is 3.98. The Bertz CT molecular complexity index is 599. The summed E-state index contributed by atoms with van der Waals surface area (Å²) in [5.41, 5.74) is 2.45. The van der Waals surface area contributed by atoms with Gasteiger partial charge in [0.1, 0.15) is 0 Å². The lowest BCUT2D eigenvalue weighted by molar-refractivity contribution is 0.164. The molecule has 0 amide bonds. The van der Waals surface area contributed by atoms with E-state index in [9.17, 15) is 10.2 Å². The van der Waals surface area contributed by atoms with Gasteiger partial charge in [-0.2, -0.15) is 0 Å². The van der Waals surface area contributed by atoms with Crippen molar-refractivity contribution in [2.75, 3.05) is 44.3 Å². The summed E-state index contributed by atoms with van der Waals surface area (Å²) in [6, 6.07) is 16.9. The van der Waals surface area contributed by atoms with E-state index >= 15 is 0 Å². The lowest BCUT2D eigenvalue weighted by Crippen LogP contribution is -2.37. The quantitative estimate of drug-likeness (QED) is 0.817. The van der Waals surface area contributed by atoms with Gasteiger partial charge in [-0.15, -0.1) is 0 Å². The van der Waals surface area contributed by atoms with Gasteiger partial charge in [0.2, 0.25) is 0 Å². The van der Waals surface area contributed by atoms with Gasteiger partial charge in [-0.1, -0.05) is 36.0 Å². The van der Waals surface area contributed by atoms with Crippen LogP contribution >= 0.6 is 11.8 Å². The number of hydrogen-bond donors (Lipinski definition) is 2. The second-order valence-electron chi connectivity index (χ2n) is 5.48. The lowest BCUT2D eigenvalue weighted by atomic mass is 10.2. The number of anilines is 2. The Hall–Kier alpha value is -1.53. The van der Waals surface area contributed by atoms with Crippen LogP contribution in [0.3, 0.4) is 0 Å². The highest BCUT2D eigenvalue weighted by Gasteiger charge is 2.22. The van der Waals surface area contributed by atoms with Crippen molar-refractivity contribution in [2.24, 2.45) is 0 Å². The first-order chi connectivity index (χ1) is 11.3. The first kappa shape index (κ1) is 16.3. The van der Waals surface area contributed by atoms with Crippen LogP contribution in [0.25, 0.3) is 0 Å². The fourth-order valence-electron chi connectivity index (χ4n) is 2.88. The second-order valence-corrected chi connectivity index (χ2v) is 6.56. The van der Waals surface area contributed by atoms with Gasteiger partial charge in [-0.25, -0.2) is 0 Å². The molecule has 2 N–H and O–H groups in total. The van der Waals surface area contributed by atoms with E-state index in [-0.39, 0.29) is 13.2 Å². The number of hydrogen-bond acceptors (Lipinski definition) is 5. The molecule has 1 aliphatic rings. The first-order valence-corrected chi connectivity index (χ1v) is 8.72. The maximum atomic E-state index is 9.18. The van der Waals surface area contributed by atoms with Gasteiger partial charge in [0.25, 0.3) is 0 Å². The molecule has 0 aliphatic carbocycles. The summed E-state index contributed by atoms with van der Waals surface area (Å²) in [4.78, 5) is 6.96. The molecule has 0 atom stereocenters. The van der Waals surface area contributed by atoms with Gasteiger partial charge in [0.15, 0.2) is 0 Å². The Labute approximate surface area is 141 Å². The van der Waals surface area contributed by atoms with E-state index in [0.717, 1.165) is 13.1 Å². The third-order valence-electron chi connectivity index (χ3n) is 4.00. The molecule has 2 aromatic rings. The Morgan fingerprint density at radius 2 is 1.30 bits per heavy atom. The van der Waals surface area contributed by atoms with E-state index in [1.54, 1.807) is 11.8 Å². The van der Waals surface area contributed by atoms with Gasteiger partial charge in [0, 0.05) is 36.0 Å². The van der Waals surface area contributed by atoms with Crippen LogP contribution in [-0.4, -0.2) is 54.5 Å². The van der Waals surface area contributed by atoms with E-state index < -0.39 is 0 Å². The zero-order valence-electron chi connectivity index (χ0n) is 13.1. The highest BCUT2D eigenvalue weighted by Crippen LogP contribution is 2.47. The number of rotatable bonds is 7. The Morgan fingerprint density at radius 3 is 1.83 bits per heavy atom. The van der Waals surface area contributed by atoms with Crippen LogP contribution in [-0.2, 0) is 0 Å². The zero-order chi connectivity index (χ0) is 16.1. The normalized spacial score (nSPS) is 13.1. The third kappa shape index (κ3) is 3.70. The van der Waals surface area contributed by atoms with Crippen LogP contribution in [0.1, 0.15) is 0 Å². The van der Waals surface area contributed by atoms with E-state index in [0.29, 0.717) is 13.1 Å². The van der Waals surface area contributed by atoms with Crippen molar-refractivity contribution in [1.29, 1.82) is 0 Å². The molecule has 0 bridgehead atoms. The molecule has 0 unspecified atom stereocenters. The highest BCUT2D eigenvalue weighted by atomic mass is 32.2. The minimum atomic E-state index is 0.114. The molecule has 2 aromatic carbocycles. The Balaban J connectivity index is 1.83. The summed E-state index contributed by atoms with van der Waals surface area (Å²) in [6.45, 7) is 3.04. The summed E-state index contributed by atoms with van der Waals surface area (Å²) in [5, 5.41) is 18.4. The molecule has 23 heavy (non-hydrogen) atoms. The maximum absolute atomic E-state index is 9.18. The molecule has 1 heterocycles. The molecule has 0 fully saturated rings. The number of para-hydroxylation sites is 2. The molecule has 0 aromatic heterocycles. The van der Waals surface area contributed by atoms with E-state index in [1.165, 1.54) is 21.2 Å². The molecule has 1 aliphatic heterocycles. The smallest absolute Gasteiger partial charge is 0.0558 e. The van der Waals surface area contributed by atoms with Gasteiger partial charge in [-0.3, -0.25) is 4.90 Å². The SMILES string of the molecule is OCCN(CCO)CCN1c2ccccc2Sc2ccccc21. The fraction of sp³-hybridized carbons (Fsp3) is 0.333. The molecule has 0 spiro atoms. The van der Waals surface area contributed by atoms with Crippen molar-refractivity contribution in [3.8, 4) is 0 Å². The third-order valence-corrected chi connectivity index (χ3v) is 5.13. The number of fused-ring (bicyclic) bond motifs is 2. The Kier molecular flexibility index (Phi) is 5.56. The summed E-state index contributed by atoms with van der Waals surface area (Å²) >= 11 is 1.81. The van der Waals surface area contributed by atoms with E-state index in [1.807, 2.05) is 0 Å². The van der Waals surface area contributed by atoms with Crippen molar-refractivity contribution in [2.45, 2.75) is 9.79 Å². The monoisotopic (exact) mass is 330 g/mol. The van der Waals surface area contributed by atoms with Crippen LogP contribution in [0, 0.1) is 0 Å². The van der Waals surface area contributed by atoms with Crippen LogP contribution < -0.4 is 4.90 Å². The zero-order valence-corrected chi connectivity index (χ0v) is 13.9. The molecular formula is C18H22N2O2S. The molecule has 0 radical (unpaired) electrons. The predicted molar refractivity (Wildman–Crippen MR) is 94.6 cm³/mol. The standard InChI is InChI=1S/C18H22N2O2S/c21-13-11-19(12-14-22)9-10-20-15-5-1-3-7-17(15)23-18-8-4-2-6-16(18)20/h1-8,21-22H,9-14H2. The number of benzene rings is 2. The van der Waals surface area contributed by atoms with E-state index in [2.05, 4.69) is 58.3 Å². The van der Waals surface area contributed by atoms with E-state index in [4.69, 9.17) is 0 Å². The lowest BCUT2D eigenvalue weighted by Gasteiger charge is -2.34. The number of aliphatic hydroxyl groups is 2. The average molecular weight is 330 g/mol. The summed E-state index contributed by atoms with van der Waals surface area (Å²) < 4.78 is 0. The Morgan fingerprint density at radius 1 is 0.783 bits per heavy atom. The van der Waals surface area contributed by atoms with Gasteiger partial charge >= 0.3 is 0 Å². The predicted octanol–water partition coefficient (Wildman–Crippen LogP) is 2.58. The molecular weight excluding hydrogens is 308 g/mol. The summed E-state index contributed by atoms with van der Waals surface area (Å²) in [7, 11) is 0. The van der Waals surface area contributed by atoms with Gasteiger partial charge < -0.3 is 15.1 Å². The van der Waals surface area contributed by atoms with Gasteiger partial charge in [-0.05, 0) is 24.3 Å². The maximum Gasteiger partial charge on any atom is 0.0558 e. The van der Waals surface area contributed by atoms with Crippen molar-refractivity contribution < 1.29 is 10.2 Å². The molecule has 3 rings (SSSR count). The minimum absolute atomic E-state index is 0.114. The molecule has 4 nitrogen and oxygen atoms in total. The summed E-state index contributed by atoms with van der Waals surface area (Å²) in [5.74, 6) is 0. The number of nitrogens with zero attached hydrogens (tertiary/aromatic N) is 2. The van der Waals surface area contributed by atoms with Crippen LogP contribution in [0.15, 0.2) is 58.3 Å². The highest BCUT2D eigenvalue weighted by molar-refractivity contribution is 7.99. The van der Waals surface area contributed by atoms with Crippen molar-refractivity contribution in [1.82, 2.24) is 4.90 Å². The van der Waals surface area contributed by atoms with Crippen LogP contribution in [0.4, 0.5) is 11.4 Å².